The van der Waals surface area contributed by atoms with E-state index in [0.29, 0.717) is 4.88 Å². The van der Waals surface area contributed by atoms with Crippen molar-refractivity contribution in [3.05, 3.63) is 43.8 Å². The lowest BCUT2D eigenvalue weighted by atomic mass is 10.00. The fourth-order valence-electron chi connectivity index (χ4n) is 2.79. The van der Waals surface area contributed by atoms with E-state index in [0.717, 1.165) is 25.7 Å². The van der Waals surface area contributed by atoms with Crippen LogP contribution in [0.5, 0.6) is 0 Å². The van der Waals surface area contributed by atoms with Crippen molar-refractivity contribution in [3.63, 3.8) is 0 Å². The second-order valence-corrected chi connectivity index (χ2v) is 9.49. The Hall–Kier alpha value is -1.19. The number of nitrogens with one attached hydrogen (secondary N) is 2. The summed E-state index contributed by atoms with van der Waals surface area (Å²) in [5.41, 5.74) is 3.42. The molecule has 0 atom stereocenters. The van der Waals surface area contributed by atoms with Gasteiger partial charge in [-0.2, -0.15) is 0 Å². The normalized spacial score (nSPS) is 15.0. The van der Waals surface area contributed by atoms with Crippen LogP contribution < -0.4 is 10.3 Å². The molecule has 0 aromatic carbocycles. The third-order valence-electron chi connectivity index (χ3n) is 4.09. The molecule has 140 valence electrons. The van der Waals surface area contributed by atoms with Crippen LogP contribution in [0, 0.1) is 0 Å². The van der Waals surface area contributed by atoms with Gasteiger partial charge in [0.2, 0.25) is 0 Å². The van der Waals surface area contributed by atoms with Crippen molar-refractivity contribution in [2.45, 2.75) is 43.4 Å². The van der Waals surface area contributed by atoms with Gasteiger partial charge in [0, 0.05) is 4.88 Å². The highest BCUT2D eigenvalue weighted by atomic mass is 35.5. The van der Waals surface area contributed by atoms with Crippen molar-refractivity contribution in [2.24, 2.45) is 0 Å². The van der Waals surface area contributed by atoms with E-state index in [-0.39, 0.29) is 15.2 Å². The number of aryl methyl sites for hydroxylation is 2. The van der Waals surface area contributed by atoms with Crippen molar-refractivity contribution in [3.8, 4) is 0 Å². The molecule has 0 bridgehead atoms. The van der Waals surface area contributed by atoms with Gasteiger partial charge in [-0.05, 0) is 49.4 Å². The molecule has 0 radical (unpaired) electrons. The smallest absolute Gasteiger partial charge is 0.273 e. The van der Waals surface area contributed by atoms with Crippen LogP contribution in [0.4, 0.5) is 0 Å². The SMILES string of the molecule is O=C(NNS(=O)(=O)c1ccc(Cl)nc1Cl)c1cc2c(s1)CCCCCC2. The topological polar surface area (TPSA) is 88.2 Å². The maximum atomic E-state index is 12.4. The van der Waals surface area contributed by atoms with E-state index >= 15 is 0 Å². The van der Waals surface area contributed by atoms with Crippen LogP contribution in [0.3, 0.4) is 0 Å². The summed E-state index contributed by atoms with van der Waals surface area (Å²) in [5.74, 6) is -0.497. The number of hydrogen-bond acceptors (Lipinski definition) is 5. The molecule has 2 aromatic rings. The summed E-state index contributed by atoms with van der Waals surface area (Å²) in [7, 11) is -4.05. The van der Waals surface area contributed by atoms with Gasteiger partial charge in [0.1, 0.15) is 10.0 Å². The van der Waals surface area contributed by atoms with Gasteiger partial charge in [0.25, 0.3) is 15.9 Å². The zero-order valence-corrected chi connectivity index (χ0v) is 16.9. The number of fused-ring (bicyclic) bond motifs is 1. The molecule has 1 aliphatic rings. The number of carbonyl (C=O) groups excluding carboxylic acids is 1. The Morgan fingerprint density at radius 1 is 1.12 bits per heavy atom. The van der Waals surface area contributed by atoms with E-state index in [2.05, 4.69) is 15.2 Å². The highest BCUT2D eigenvalue weighted by Gasteiger charge is 2.22. The van der Waals surface area contributed by atoms with E-state index < -0.39 is 15.9 Å². The lowest BCUT2D eigenvalue weighted by Gasteiger charge is -2.08. The molecule has 6 nitrogen and oxygen atoms in total. The van der Waals surface area contributed by atoms with Crippen LogP contribution in [0.1, 0.15) is 45.8 Å². The van der Waals surface area contributed by atoms with Crippen LogP contribution in [0.25, 0.3) is 0 Å². The number of sulfonamides is 1. The number of aromatic nitrogens is 1. The minimum Gasteiger partial charge on any atom is -0.273 e. The molecular formula is C16H17Cl2N3O3S2. The van der Waals surface area contributed by atoms with Crippen LogP contribution in [-0.4, -0.2) is 19.3 Å². The first-order chi connectivity index (χ1) is 12.4. The number of carbonyl (C=O) groups is 1. The molecule has 3 rings (SSSR count). The van der Waals surface area contributed by atoms with Gasteiger partial charge in [-0.15, -0.1) is 16.2 Å². The Morgan fingerprint density at radius 3 is 2.58 bits per heavy atom. The van der Waals surface area contributed by atoms with Gasteiger partial charge in [0.15, 0.2) is 5.15 Å². The number of pyridine rings is 1. The Balaban J connectivity index is 1.71. The number of nitrogens with zero attached hydrogens (tertiary/aromatic N) is 1. The molecular weight excluding hydrogens is 417 g/mol. The molecule has 1 amide bonds. The molecule has 0 fully saturated rings. The van der Waals surface area contributed by atoms with Crippen LogP contribution in [0.15, 0.2) is 23.1 Å². The third kappa shape index (κ3) is 4.55. The van der Waals surface area contributed by atoms with E-state index in [9.17, 15) is 13.2 Å². The summed E-state index contributed by atoms with van der Waals surface area (Å²) >= 11 is 12.9. The van der Waals surface area contributed by atoms with Gasteiger partial charge in [-0.3, -0.25) is 10.2 Å². The number of rotatable bonds is 4. The standard InChI is InChI=1S/C16H17Cl2N3O3S2/c17-14-8-7-13(15(18)19-14)26(23,24)21-20-16(22)12-9-10-5-3-1-2-4-6-11(10)25-12/h7-9,21H,1-6H2,(H,20,22). The number of hydrogen-bond donors (Lipinski definition) is 2. The molecule has 0 aliphatic heterocycles. The van der Waals surface area contributed by atoms with E-state index in [4.69, 9.17) is 23.2 Å². The average Bonchev–Trinajstić information content (AvgIpc) is 2.94. The summed E-state index contributed by atoms with van der Waals surface area (Å²) < 4.78 is 24.6. The van der Waals surface area contributed by atoms with Crippen molar-refractivity contribution >= 4 is 50.5 Å². The molecule has 10 heteroatoms. The van der Waals surface area contributed by atoms with Crippen molar-refractivity contribution in [1.29, 1.82) is 0 Å². The predicted octanol–water partition coefficient (Wildman–Crippen LogP) is 3.73. The Bertz CT molecular complexity index is 903. The van der Waals surface area contributed by atoms with Crippen LogP contribution >= 0.6 is 34.5 Å². The Morgan fingerprint density at radius 2 is 1.85 bits per heavy atom. The minimum atomic E-state index is -4.05. The van der Waals surface area contributed by atoms with Gasteiger partial charge in [-0.25, -0.2) is 13.4 Å². The molecule has 26 heavy (non-hydrogen) atoms. The monoisotopic (exact) mass is 433 g/mol. The van der Waals surface area contributed by atoms with Crippen molar-refractivity contribution in [1.82, 2.24) is 15.2 Å². The van der Waals surface area contributed by atoms with E-state index in [1.54, 1.807) is 0 Å². The van der Waals surface area contributed by atoms with Gasteiger partial charge >= 0.3 is 0 Å². The molecule has 2 aromatic heterocycles. The number of thiophene rings is 1. The zero-order valence-electron chi connectivity index (χ0n) is 13.7. The van der Waals surface area contributed by atoms with E-state index in [1.165, 1.54) is 46.8 Å². The van der Waals surface area contributed by atoms with Crippen LogP contribution in [-0.2, 0) is 22.9 Å². The summed E-state index contributed by atoms with van der Waals surface area (Å²) in [4.78, 5) is 19.5. The first-order valence-corrected chi connectivity index (χ1v) is 11.2. The van der Waals surface area contributed by atoms with Crippen molar-refractivity contribution < 1.29 is 13.2 Å². The maximum Gasteiger partial charge on any atom is 0.276 e. The quantitative estimate of drug-likeness (QED) is 0.567. The third-order valence-corrected chi connectivity index (χ3v) is 7.22. The van der Waals surface area contributed by atoms with Gasteiger partial charge in [-0.1, -0.05) is 36.0 Å². The summed E-state index contributed by atoms with van der Waals surface area (Å²) in [6, 6.07) is 4.39. The molecule has 0 saturated carbocycles. The second kappa shape index (κ2) is 8.22. The Kier molecular flexibility index (Phi) is 6.19. The minimum absolute atomic E-state index is 0.0778. The van der Waals surface area contributed by atoms with E-state index in [1.807, 2.05) is 6.07 Å². The highest BCUT2D eigenvalue weighted by molar-refractivity contribution is 7.89. The molecule has 1 aliphatic carbocycles. The fraction of sp³-hybridized carbons (Fsp3) is 0.375. The largest absolute Gasteiger partial charge is 0.276 e. The zero-order chi connectivity index (χ0) is 18.7. The first-order valence-electron chi connectivity index (χ1n) is 8.12. The average molecular weight is 434 g/mol. The highest BCUT2D eigenvalue weighted by Crippen LogP contribution is 2.28. The molecule has 2 N–H and O–H groups in total. The number of hydrazine groups is 1. The molecule has 0 spiro atoms. The van der Waals surface area contributed by atoms with Gasteiger partial charge < -0.3 is 0 Å². The van der Waals surface area contributed by atoms with Gasteiger partial charge in [0.05, 0.1) is 4.88 Å². The maximum absolute atomic E-state index is 12.4. The van der Waals surface area contributed by atoms with Crippen LogP contribution in [0.2, 0.25) is 10.3 Å². The lowest BCUT2D eigenvalue weighted by molar-refractivity contribution is 0.0949. The number of halogens is 2. The molecule has 2 heterocycles. The summed E-state index contributed by atoms with van der Waals surface area (Å²) in [6.07, 6.45) is 6.55. The Labute approximate surface area is 165 Å². The summed E-state index contributed by atoms with van der Waals surface area (Å²) in [6.45, 7) is 0. The summed E-state index contributed by atoms with van der Waals surface area (Å²) in [5, 5.41) is -0.188. The van der Waals surface area contributed by atoms with Crippen molar-refractivity contribution in [2.75, 3.05) is 0 Å². The second-order valence-electron chi connectivity index (χ2n) is 5.96. The molecule has 0 unspecified atom stereocenters. The fourth-order valence-corrected chi connectivity index (χ4v) is 5.44. The first kappa shape index (κ1) is 19.6. The molecule has 0 saturated heterocycles. The predicted molar refractivity (Wildman–Crippen MR) is 102 cm³/mol. The number of amides is 1. The lowest BCUT2D eigenvalue weighted by Crippen LogP contribution is -2.41.